The Bertz CT molecular complexity index is 719. The van der Waals surface area contributed by atoms with Gasteiger partial charge in [-0.25, -0.2) is 0 Å². The molecule has 0 saturated heterocycles. The normalized spacial score (nSPS) is 16.7. The zero-order chi connectivity index (χ0) is 17.1. The van der Waals surface area contributed by atoms with Crippen molar-refractivity contribution in [2.45, 2.75) is 25.5 Å². The lowest BCUT2D eigenvalue weighted by Gasteiger charge is -2.20. The first kappa shape index (κ1) is 16.2. The maximum absolute atomic E-state index is 12.5. The van der Waals surface area contributed by atoms with Crippen molar-refractivity contribution in [3.63, 3.8) is 0 Å². The topological polar surface area (TPSA) is 56.8 Å². The van der Waals surface area contributed by atoms with E-state index >= 15 is 0 Å². The van der Waals surface area contributed by atoms with Crippen LogP contribution in [-0.4, -0.2) is 26.2 Å². The summed E-state index contributed by atoms with van der Waals surface area (Å²) in [5.41, 5.74) is 1.92. The van der Waals surface area contributed by atoms with E-state index in [9.17, 15) is 4.79 Å². The van der Waals surface area contributed by atoms with Crippen LogP contribution < -0.4 is 19.5 Å². The largest absolute Gasteiger partial charge is 0.497 e. The Balaban J connectivity index is 1.71. The second kappa shape index (κ2) is 6.83. The van der Waals surface area contributed by atoms with Crippen molar-refractivity contribution in [3.05, 3.63) is 53.6 Å². The average molecular weight is 327 g/mol. The second-order valence-corrected chi connectivity index (χ2v) is 5.76. The molecular weight excluding hydrogens is 306 g/mol. The minimum atomic E-state index is -0.499. The summed E-state index contributed by atoms with van der Waals surface area (Å²) < 4.78 is 16.4. The molecule has 5 heteroatoms. The average Bonchev–Trinajstić information content (AvgIpc) is 3.05. The number of nitrogens with one attached hydrogen (secondary N) is 1. The molecule has 1 amide bonds. The van der Waals surface area contributed by atoms with Gasteiger partial charge in [0.25, 0.3) is 5.91 Å². The van der Waals surface area contributed by atoms with Gasteiger partial charge in [0, 0.05) is 12.0 Å². The number of hydrogen-bond acceptors (Lipinski definition) is 4. The predicted octanol–water partition coefficient (Wildman–Crippen LogP) is 2.88. The number of carbonyl (C=O) groups is 1. The molecule has 1 heterocycles. The molecule has 0 bridgehead atoms. The fraction of sp³-hybridized carbons (Fsp3) is 0.316. The van der Waals surface area contributed by atoms with Crippen LogP contribution in [-0.2, 0) is 11.2 Å². The van der Waals surface area contributed by atoms with Crippen molar-refractivity contribution in [1.29, 1.82) is 0 Å². The Morgan fingerprint density at radius 2 is 2.00 bits per heavy atom. The molecule has 2 aromatic rings. The van der Waals surface area contributed by atoms with E-state index in [4.69, 9.17) is 14.2 Å². The number of benzene rings is 2. The Morgan fingerprint density at radius 3 is 2.71 bits per heavy atom. The quantitative estimate of drug-likeness (QED) is 0.917. The fourth-order valence-corrected chi connectivity index (χ4v) is 2.89. The van der Waals surface area contributed by atoms with Gasteiger partial charge in [-0.2, -0.15) is 0 Å². The summed E-state index contributed by atoms with van der Waals surface area (Å²) in [5, 5.41) is 3.00. The lowest BCUT2D eigenvalue weighted by atomic mass is 10.1. The van der Waals surface area contributed by atoms with Gasteiger partial charge in [0.05, 0.1) is 20.3 Å². The van der Waals surface area contributed by atoms with Crippen LogP contribution in [0.1, 0.15) is 24.1 Å². The van der Waals surface area contributed by atoms with Crippen molar-refractivity contribution in [2.24, 2.45) is 0 Å². The molecule has 2 atom stereocenters. The highest BCUT2D eigenvalue weighted by Crippen LogP contribution is 2.31. The van der Waals surface area contributed by atoms with E-state index in [1.165, 1.54) is 0 Å². The lowest BCUT2D eigenvalue weighted by molar-refractivity contribution is -0.127. The maximum atomic E-state index is 12.5. The molecule has 1 N–H and O–H groups in total. The summed E-state index contributed by atoms with van der Waals surface area (Å²) in [6.45, 7) is 1.91. The van der Waals surface area contributed by atoms with Crippen molar-refractivity contribution in [2.75, 3.05) is 14.2 Å². The number of methoxy groups -OCH3 is 2. The molecule has 24 heavy (non-hydrogen) atoms. The number of ether oxygens (including phenoxy) is 3. The number of amides is 1. The van der Waals surface area contributed by atoms with E-state index in [0.29, 0.717) is 12.2 Å². The number of rotatable bonds is 5. The molecular formula is C19H21NO4. The van der Waals surface area contributed by atoms with Crippen LogP contribution in [0.3, 0.4) is 0 Å². The smallest absolute Gasteiger partial charge is 0.261 e. The first-order valence-electron chi connectivity index (χ1n) is 7.89. The molecule has 0 spiro atoms. The van der Waals surface area contributed by atoms with Crippen LogP contribution in [0.25, 0.3) is 0 Å². The van der Waals surface area contributed by atoms with Gasteiger partial charge in [0.1, 0.15) is 17.2 Å². The minimum absolute atomic E-state index is 0.136. The van der Waals surface area contributed by atoms with Crippen LogP contribution in [0.5, 0.6) is 17.2 Å². The third-order valence-electron chi connectivity index (χ3n) is 4.20. The van der Waals surface area contributed by atoms with E-state index in [2.05, 4.69) is 5.32 Å². The second-order valence-electron chi connectivity index (χ2n) is 5.76. The van der Waals surface area contributed by atoms with Crippen LogP contribution in [0.2, 0.25) is 0 Å². The SMILES string of the molecule is COc1ccc(OC)c([C@@H](C)NC(=O)[C@H]2Cc3ccccc3O2)c1. The maximum Gasteiger partial charge on any atom is 0.261 e. The van der Waals surface area contributed by atoms with Gasteiger partial charge in [-0.15, -0.1) is 0 Å². The molecule has 0 radical (unpaired) electrons. The molecule has 0 aliphatic carbocycles. The highest BCUT2D eigenvalue weighted by molar-refractivity contribution is 5.83. The summed E-state index contributed by atoms with van der Waals surface area (Å²) >= 11 is 0. The highest BCUT2D eigenvalue weighted by Gasteiger charge is 2.30. The van der Waals surface area contributed by atoms with Crippen LogP contribution in [0.4, 0.5) is 0 Å². The van der Waals surface area contributed by atoms with Gasteiger partial charge in [-0.1, -0.05) is 18.2 Å². The minimum Gasteiger partial charge on any atom is -0.497 e. The Labute approximate surface area is 141 Å². The third kappa shape index (κ3) is 3.15. The van der Waals surface area contributed by atoms with Crippen molar-refractivity contribution in [1.82, 2.24) is 5.32 Å². The third-order valence-corrected chi connectivity index (χ3v) is 4.20. The first-order valence-corrected chi connectivity index (χ1v) is 7.89. The monoisotopic (exact) mass is 327 g/mol. The van der Waals surface area contributed by atoms with Crippen molar-refractivity contribution < 1.29 is 19.0 Å². The summed E-state index contributed by atoms with van der Waals surface area (Å²) in [5.74, 6) is 2.07. The molecule has 2 aromatic carbocycles. The highest BCUT2D eigenvalue weighted by atomic mass is 16.5. The van der Waals surface area contributed by atoms with E-state index in [0.717, 1.165) is 22.6 Å². The van der Waals surface area contributed by atoms with Crippen LogP contribution >= 0.6 is 0 Å². The summed E-state index contributed by atoms with van der Waals surface area (Å²) in [7, 11) is 3.22. The Hall–Kier alpha value is -2.69. The zero-order valence-corrected chi connectivity index (χ0v) is 14.0. The number of hydrogen-bond donors (Lipinski definition) is 1. The number of para-hydroxylation sites is 1. The number of fused-ring (bicyclic) bond motifs is 1. The lowest BCUT2D eigenvalue weighted by Crippen LogP contribution is -2.38. The summed E-state index contributed by atoms with van der Waals surface area (Å²) in [4.78, 5) is 12.5. The van der Waals surface area contributed by atoms with Crippen molar-refractivity contribution in [3.8, 4) is 17.2 Å². The van der Waals surface area contributed by atoms with Crippen LogP contribution in [0, 0.1) is 0 Å². The first-order chi connectivity index (χ1) is 11.6. The predicted molar refractivity (Wildman–Crippen MR) is 90.7 cm³/mol. The van der Waals surface area contributed by atoms with E-state index < -0.39 is 6.10 Å². The van der Waals surface area contributed by atoms with E-state index in [-0.39, 0.29) is 11.9 Å². The van der Waals surface area contributed by atoms with Crippen molar-refractivity contribution >= 4 is 5.91 Å². The molecule has 1 aliphatic rings. The summed E-state index contributed by atoms with van der Waals surface area (Å²) in [6, 6.07) is 13.0. The molecule has 0 unspecified atom stereocenters. The zero-order valence-electron chi connectivity index (χ0n) is 14.0. The number of carbonyl (C=O) groups excluding carboxylic acids is 1. The molecule has 5 nitrogen and oxygen atoms in total. The van der Waals surface area contributed by atoms with Gasteiger partial charge in [0.15, 0.2) is 6.10 Å². The Morgan fingerprint density at radius 1 is 1.21 bits per heavy atom. The molecule has 0 saturated carbocycles. The molecule has 126 valence electrons. The van der Waals surface area contributed by atoms with Gasteiger partial charge in [-0.05, 0) is 36.8 Å². The van der Waals surface area contributed by atoms with Crippen LogP contribution in [0.15, 0.2) is 42.5 Å². The van der Waals surface area contributed by atoms with Gasteiger partial charge in [-0.3, -0.25) is 4.79 Å². The van der Waals surface area contributed by atoms with Gasteiger partial charge < -0.3 is 19.5 Å². The Kier molecular flexibility index (Phi) is 4.60. The van der Waals surface area contributed by atoms with Gasteiger partial charge >= 0.3 is 0 Å². The molecule has 1 aliphatic heterocycles. The molecule has 0 fully saturated rings. The summed E-state index contributed by atoms with van der Waals surface area (Å²) in [6.07, 6.45) is 0.0886. The fourth-order valence-electron chi connectivity index (χ4n) is 2.89. The molecule has 0 aromatic heterocycles. The van der Waals surface area contributed by atoms with Gasteiger partial charge in [0.2, 0.25) is 0 Å². The van der Waals surface area contributed by atoms with E-state index in [1.807, 2.05) is 49.4 Å². The standard InChI is InChI=1S/C19H21NO4/c1-12(15-11-14(22-2)8-9-17(15)23-3)20-19(21)18-10-13-6-4-5-7-16(13)24-18/h4-9,11-12,18H,10H2,1-3H3,(H,20,21)/t12-,18-/m1/s1. The molecule has 3 rings (SSSR count). The van der Waals surface area contributed by atoms with E-state index in [1.54, 1.807) is 14.2 Å².